The Morgan fingerprint density at radius 2 is 1.90 bits per heavy atom. The van der Waals surface area contributed by atoms with Crippen molar-refractivity contribution in [2.24, 2.45) is 0 Å². The van der Waals surface area contributed by atoms with Crippen LogP contribution in [0, 0.1) is 0 Å². The number of fused-ring (bicyclic) bond motifs is 1. The average molecular weight is 515 g/mol. The molecule has 1 N–H and O–H groups in total. The SMILES string of the molecule is O=C(Nc1nc2ccc(S(=O)(=O)N3CCCCC3)cc2s1)c1cc(Br)ccc1Cl. The first-order chi connectivity index (χ1) is 13.8. The van der Waals surface area contributed by atoms with Gasteiger partial charge in [-0.05, 0) is 49.2 Å². The fraction of sp³-hybridized carbons (Fsp3) is 0.263. The van der Waals surface area contributed by atoms with Gasteiger partial charge >= 0.3 is 0 Å². The van der Waals surface area contributed by atoms with Gasteiger partial charge in [-0.25, -0.2) is 13.4 Å². The molecule has 1 aromatic heterocycles. The smallest absolute Gasteiger partial charge is 0.258 e. The van der Waals surface area contributed by atoms with Crippen LogP contribution in [0.2, 0.25) is 5.02 Å². The summed E-state index contributed by atoms with van der Waals surface area (Å²) in [6.07, 6.45) is 2.83. The number of benzene rings is 2. The van der Waals surface area contributed by atoms with Crippen LogP contribution in [0.25, 0.3) is 10.2 Å². The first-order valence-corrected chi connectivity index (χ1v) is 12.4. The number of carbonyl (C=O) groups excluding carboxylic acids is 1. The number of nitrogens with one attached hydrogen (secondary N) is 1. The van der Waals surface area contributed by atoms with Crippen molar-refractivity contribution >= 4 is 70.1 Å². The molecule has 29 heavy (non-hydrogen) atoms. The summed E-state index contributed by atoms with van der Waals surface area (Å²) in [5, 5.41) is 3.46. The van der Waals surface area contributed by atoms with Gasteiger partial charge in [0.2, 0.25) is 10.0 Å². The molecule has 10 heteroatoms. The number of hydrogen-bond donors (Lipinski definition) is 1. The molecule has 1 amide bonds. The summed E-state index contributed by atoms with van der Waals surface area (Å²) >= 11 is 10.7. The van der Waals surface area contributed by atoms with Crippen molar-refractivity contribution in [3.05, 3.63) is 51.5 Å². The maximum atomic E-state index is 12.9. The summed E-state index contributed by atoms with van der Waals surface area (Å²) in [6.45, 7) is 1.11. The quantitative estimate of drug-likeness (QED) is 0.523. The van der Waals surface area contributed by atoms with E-state index in [4.69, 9.17) is 11.6 Å². The van der Waals surface area contributed by atoms with Crippen LogP contribution in [0.15, 0.2) is 45.8 Å². The number of thiazole rings is 1. The molecule has 1 fully saturated rings. The lowest BCUT2D eigenvalue weighted by Crippen LogP contribution is -2.35. The van der Waals surface area contributed by atoms with Crippen LogP contribution < -0.4 is 5.32 Å². The summed E-state index contributed by atoms with van der Waals surface area (Å²) in [6, 6.07) is 9.89. The Balaban J connectivity index is 1.60. The van der Waals surface area contributed by atoms with Crippen LogP contribution in [-0.2, 0) is 10.0 Å². The minimum atomic E-state index is -3.52. The molecule has 1 aliphatic rings. The van der Waals surface area contributed by atoms with Gasteiger partial charge in [-0.15, -0.1) is 0 Å². The number of aromatic nitrogens is 1. The molecule has 0 bridgehead atoms. The summed E-state index contributed by atoms with van der Waals surface area (Å²) < 4.78 is 28.8. The maximum absolute atomic E-state index is 12.9. The number of hydrogen-bond acceptors (Lipinski definition) is 5. The Morgan fingerprint density at radius 1 is 1.14 bits per heavy atom. The van der Waals surface area contributed by atoms with Crippen molar-refractivity contribution in [2.75, 3.05) is 18.4 Å². The molecule has 0 spiro atoms. The van der Waals surface area contributed by atoms with Gasteiger partial charge in [0.05, 0.1) is 25.7 Å². The molecule has 6 nitrogen and oxygen atoms in total. The Labute approximate surface area is 186 Å². The summed E-state index contributed by atoms with van der Waals surface area (Å²) in [4.78, 5) is 17.2. The molecule has 1 aliphatic heterocycles. The highest BCUT2D eigenvalue weighted by atomic mass is 79.9. The van der Waals surface area contributed by atoms with Crippen molar-refractivity contribution in [1.82, 2.24) is 9.29 Å². The van der Waals surface area contributed by atoms with Gasteiger partial charge in [0.1, 0.15) is 0 Å². The molecule has 1 saturated heterocycles. The zero-order valence-electron chi connectivity index (χ0n) is 15.2. The summed E-state index contributed by atoms with van der Waals surface area (Å²) in [5.74, 6) is -0.378. The van der Waals surface area contributed by atoms with Crippen molar-refractivity contribution in [3.63, 3.8) is 0 Å². The van der Waals surface area contributed by atoms with E-state index in [1.54, 1.807) is 36.4 Å². The maximum Gasteiger partial charge on any atom is 0.258 e. The van der Waals surface area contributed by atoms with E-state index >= 15 is 0 Å². The van der Waals surface area contributed by atoms with E-state index in [-0.39, 0.29) is 10.8 Å². The molecule has 0 saturated carbocycles. The second-order valence-corrected chi connectivity index (χ2v) is 11.0. The Kier molecular flexibility index (Phi) is 5.94. The first kappa shape index (κ1) is 20.7. The fourth-order valence-corrected chi connectivity index (χ4v) is 6.29. The third-order valence-corrected chi connectivity index (χ3v) is 8.36. The van der Waals surface area contributed by atoms with Crippen LogP contribution in [0.1, 0.15) is 29.6 Å². The van der Waals surface area contributed by atoms with E-state index in [1.807, 2.05) is 0 Å². The molecule has 3 aromatic rings. The lowest BCUT2D eigenvalue weighted by atomic mass is 10.2. The first-order valence-electron chi connectivity index (χ1n) is 9.02. The molecular formula is C19H17BrClN3O3S2. The number of halogens is 2. The molecular weight excluding hydrogens is 498 g/mol. The number of anilines is 1. The lowest BCUT2D eigenvalue weighted by Gasteiger charge is -2.25. The number of sulfonamides is 1. The number of nitrogens with zero attached hydrogens (tertiary/aromatic N) is 2. The van der Waals surface area contributed by atoms with Gasteiger partial charge in [-0.2, -0.15) is 4.31 Å². The average Bonchev–Trinajstić information content (AvgIpc) is 3.11. The number of amides is 1. The van der Waals surface area contributed by atoms with Crippen LogP contribution in [0.5, 0.6) is 0 Å². The van der Waals surface area contributed by atoms with Gasteiger partial charge in [-0.3, -0.25) is 10.1 Å². The van der Waals surface area contributed by atoms with E-state index in [1.165, 1.54) is 15.6 Å². The standard InChI is InChI=1S/C19H17BrClN3O3S2/c20-12-4-6-15(21)14(10-12)18(25)23-19-22-16-7-5-13(11-17(16)28-19)29(26,27)24-8-2-1-3-9-24/h4-7,10-11H,1-3,8-9H2,(H,22,23,25). The highest BCUT2D eigenvalue weighted by Gasteiger charge is 2.26. The van der Waals surface area contributed by atoms with Crippen LogP contribution in [0.3, 0.4) is 0 Å². The van der Waals surface area contributed by atoms with Crippen molar-refractivity contribution in [2.45, 2.75) is 24.2 Å². The van der Waals surface area contributed by atoms with Gasteiger partial charge in [0, 0.05) is 17.6 Å². The van der Waals surface area contributed by atoms with Crippen molar-refractivity contribution in [1.29, 1.82) is 0 Å². The Morgan fingerprint density at radius 3 is 2.66 bits per heavy atom. The van der Waals surface area contributed by atoms with E-state index in [2.05, 4.69) is 26.2 Å². The molecule has 2 heterocycles. The fourth-order valence-electron chi connectivity index (χ4n) is 3.21. The van der Waals surface area contributed by atoms with Gasteiger partial charge in [-0.1, -0.05) is 45.3 Å². The van der Waals surface area contributed by atoms with Crippen molar-refractivity contribution < 1.29 is 13.2 Å². The minimum absolute atomic E-state index is 0.253. The van der Waals surface area contributed by atoms with Crippen LogP contribution >= 0.6 is 38.9 Å². The zero-order valence-corrected chi connectivity index (χ0v) is 19.2. The number of rotatable bonds is 4. The lowest BCUT2D eigenvalue weighted by molar-refractivity contribution is 0.102. The summed E-state index contributed by atoms with van der Waals surface area (Å²) in [7, 11) is -3.52. The second-order valence-electron chi connectivity index (χ2n) is 6.69. The highest BCUT2D eigenvalue weighted by molar-refractivity contribution is 9.10. The normalized spacial score (nSPS) is 15.5. The molecule has 4 rings (SSSR count). The van der Waals surface area contributed by atoms with E-state index < -0.39 is 10.0 Å². The molecule has 0 aliphatic carbocycles. The topological polar surface area (TPSA) is 79.4 Å². The van der Waals surface area contributed by atoms with Crippen LogP contribution in [0.4, 0.5) is 5.13 Å². The summed E-state index contributed by atoms with van der Waals surface area (Å²) in [5.41, 5.74) is 0.955. The molecule has 2 aromatic carbocycles. The van der Waals surface area contributed by atoms with Crippen LogP contribution in [-0.4, -0.2) is 36.7 Å². The number of carbonyl (C=O) groups is 1. The minimum Gasteiger partial charge on any atom is -0.298 e. The van der Waals surface area contributed by atoms with Gasteiger partial charge < -0.3 is 0 Å². The Hall–Kier alpha value is -1.52. The van der Waals surface area contributed by atoms with Gasteiger partial charge in [0.15, 0.2) is 5.13 Å². The third kappa shape index (κ3) is 4.34. The predicted octanol–water partition coefficient (Wildman–Crippen LogP) is 5.14. The molecule has 152 valence electrons. The number of piperidine rings is 1. The third-order valence-electron chi connectivity index (χ3n) is 4.71. The highest BCUT2D eigenvalue weighted by Crippen LogP contribution is 2.31. The van der Waals surface area contributed by atoms with E-state index in [9.17, 15) is 13.2 Å². The van der Waals surface area contributed by atoms with E-state index in [0.29, 0.717) is 39.0 Å². The molecule has 0 radical (unpaired) electrons. The monoisotopic (exact) mass is 513 g/mol. The van der Waals surface area contributed by atoms with Crippen molar-refractivity contribution in [3.8, 4) is 0 Å². The second kappa shape index (κ2) is 8.31. The predicted molar refractivity (Wildman–Crippen MR) is 119 cm³/mol. The largest absolute Gasteiger partial charge is 0.298 e. The Bertz CT molecular complexity index is 1190. The zero-order chi connectivity index (χ0) is 20.6. The molecule has 0 unspecified atom stereocenters. The van der Waals surface area contributed by atoms with Gasteiger partial charge in [0.25, 0.3) is 5.91 Å². The molecule has 0 atom stereocenters. The van der Waals surface area contributed by atoms with E-state index in [0.717, 1.165) is 23.7 Å².